The fraction of sp³-hybridized carbons (Fsp3) is 0.500. The van der Waals surface area contributed by atoms with Crippen LogP contribution in [0, 0.1) is 6.92 Å². The Labute approximate surface area is 118 Å². The number of benzene rings is 1. The van der Waals surface area contributed by atoms with Gasteiger partial charge in [0.05, 0.1) is 6.54 Å². The van der Waals surface area contributed by atoms with Gasteiger partial charge < -0.3 is 11.1 Å². The molecule has 104 valence electrons. The molecule has 0 atom stereocenters. The highest BCUT2D eigenvalue weighted by Gasteiger charge is 2.18. The number of hydrogen-bond acceptors (Lipinski definition) is 3. The van der Waals surface area contributed by atoms with Gasteiger partial charge in [0.1, 0.15) is 0 Å². The zero-order chi connectivity index (χ0) is 13.8. The molecule has 0 radical (unpaired) electrons. The van der Waals surface area contributed by atoms with Crippen LogP contribution in [0.4, 0.5) is 5.69 Å². The second-order valence-electron chi connectivity index (χ2n) is 5.12. The maximum Gasteiger partial charge on any atom is 0.238 e. The molecule has 1 heterocycles. The monoisotopic (exact) mass is 281 g/mol. The van der Waals surface area contributed by atoms with Crippen LogP contribution in [-0.2, 0) is 4.79 Å². The molecule has 1 saturated heterocycles. The van der Waals surface area contributed by atoms with E-state index in [9.17, 15) is 4.79 Å². The third kappa shape index (κ3) is 4.20. The largest absolute Gasteiger partial charge is 0.328 e. The highest BCUT2D eigenvalue weighted by molar-refractivity contribution is 6.30. The number of amides is 1. The zero-order valence-corrected chi connectivity index (χ0v) is 11.9. The fourth-order valence-corrected chi connectivity index (χ4v) is 2.50. The molecular weight excluding hydrogens is 262 g/mol. The van der Waals surface area contributed by atoms with Crippen LogP contribution >= 0.6 is 11.6 Å². The molecule has 19 heavy (non-hydrogen) atoms. The van der Waals surface area contributed by atoms with Crippen molar-refractivity contribution in [3.63, 3.8) is 0 Å². The van der Waals surface area contributed by atoms with E-state index < -0.39 is 0 Å². The Morgan fingerprint density at radius 3 is 2.79 bits per heavy atom. The number of anilines is 1. The minimum Gasteiger partial charge on any atom is -0.328 e. The van der Waals surface area contributed by atoms with Gasteiger partial charge in [-0.1, -0.05) is 11.6 Å². The molecule has 0 spiro atoms. The molecule has 1 aromatic carbocycles. The number of nitrogens with one attached hydrogen (secondary N) is 1. The van der Waals surface area contributed by atoms with Crippen LogP contribution in [-0.4, -0.2) is 36.5 Å². The summed E-state index contributed by atoms with van der Waals surface area (Å²) in [6.45, 7) is 4.15. The first-order valence-corrected chi connectivity index (χ1v) is 6.96. The van der Waals surface area contributed by atoms with E-state index in [0.29, 0.717) is 11.6 Å². The van der Waals surface area contributed by atoms with Gasteiger partial charge in [-0.05, 0) is 43.5 Å². The topological polar surface area (TPSA) is 58.4 Å². The SMILES string of the molecule is Cc1cc(Cl)ccc1NC(=O)CN1CCC(N)CC1. The predicted molar refractivity (Wildman–Crippen MR) is 78.5 cm³/mol. The van der Waals surface area contributed by atoms with Crippen LogP contribution in [0.3, 0.4) is 0 Å². The summed E-state index contributed by atoms with van der Waals surface area (Å²) >= 11 is 5.89. The lowest BCUT2D eigenvalue weighted by Crippen LogP contribution is -2.43. The van der Waals surface area contributed by atoms with Crippen LogP contribution in [0.2, 0.25) is 5.02 Å². The Kier molecular flexibility index (Phi) is 4.80. The summed E-state index contributed by atoms with van der Waals surface area (Å²) < 4.78 is 0. The Bertz CT molecular complexity index is 456. The van der Waals surface area contributed by atoms with E-state index in [1.54, 1.807) is 6.07 Å². The number of nitrogens with zero attached hydrogens (tertiary/aromatic N) is 1. The highest BCUT2D eigenvalue weighted by atomic mass is 35.5. The van der Waals surface area contributed by atoms with Crippen molar-refractivity contribution in [2.45, 2.75) is 25.8 Å². The second-order valence-corrected chi connectivity index (χ2v) is 5.56. The number of hydrogen-bond donors (Lipinski definition) is 2. The molecular formula is C14H20ClN3O. The Morgan fingerprint density at radius 1 is 1.47 bits per heavy atom. The zero-order valence-electron chi connectivity index (χ0n) is 11.2. The number of piperidine rings is 1. The van der Waals surface area contributed by atoms with E-state index in [2.05, 4.69) is 10.2 Å². The quantitative estimate of drug-likeness (QED) is 0.891. The minimum atomic E-state index is 0.0147. The highest BCUT2D eigenvalue weighted by Crippen LogP contribution is 2.19. The number of nitrogens with two attached hydrogens (primary N) is 1. The minimum absolute atomic E-state index is 0.0147. The molecule has 3 N–H and O–H groups in total. The van der Waals surface area contributed by atoms with E-state index >= 15 is 0 Å². The summed E-state index contributed by atoms with van der Waals surface area (Å²) in [6, 6.07) is 5.75. The van der Waals surface area contributed by atoms with Gasteiger partial charge in [0.15, 0.2) is 0 Å². The van der Waals surface area contributed by atoms with Crippen LogP contribution in [0.5, 0.6) is 0 Å². The molecule has 0 unspecified atom stereocenters. The van der Waals surface area contributed by atoms with Crippen molar-refractivity contribution in [1.82, 2.24) is 4.90 Å². The van der Waals surface area contributed by atoms with Crippen molar-refractivity contribution in [3.8, 4) is 0 Å². The van der Waals surface area contributed by atoms with E-state index in [0.717, 1.165) is 37.2 Å². The van der Waals surface area contributed by atoms with Crippen molar-refractivity contribution in [1.29, 1.82) is 0 Å². The molecule has 0 aromatic heterocycles. The standard InChI is InChI=1S/C14H20ClN3O/c1-10-8-11(15)2-3-13(10)17-14(19)9-18-6-4-12(16)5-7-18/h2-3,8,12H,4-7,9,16H2,1H3,(H,17,19). The molecule has 5 heteroatoms. The lowest BCUT2D eigenvalue weighted by molar-refractivity contribution is -0.117. The molecule has 1 aliphatic rings. The van der Waals surface area contributed by atoms with Crippen LogP contribution in [0.15, 0.2) is 18.2 Å². The molecule has 0 bridgehead atoms. The van der Waals surface area contributed by atoms with Gasteiger partial charge >= 0.3 is 0 Å². The average Bonchev–Trinajstić information content (AvgIpc) is 2.36. The summed E-state index contributed by atoms with van der Waals surface area (Å²) in [6.07, 6.45) is 1.93. The van der Waals surface area contributed by atoms with Crippen molar-refractivity contribution in [3.05, 3.63) is 28.8 Å². The lowest BCUT2D eigenvalue weighted by atomic mass is 10.1. The normalized spacial score (nSPS) is 17.4. The average molecular weight is 282 g/mol. The van der Waals surface area contributed by atoms with Gasteiger partial charge in [0.2, 0.25) is 5.91 Å². The Balaban J connectivity index is 1.87. The molecule has 1 aromatic rings. The van der Waals surface area contributed by atoms with Crippen molar-refractivity contribution < 1.29 is 4.79 Å². The van der Waals surface area contributed by atoms with E-state index in [1.807, 2.05) is 19.1 Å². The number of carbonyl (C=O) groups is 1. The third-order valence-electron chi connectivity index (χ3n) is 3.46. The molecule has 4 nitrogen and oxygen atoms in total. The Morgan fingerprint density at radius 2 is 2.16 bits per heavy atom. The maximum atomic E-state index is 12.0. The van der Waals surface area contributed by atoms with Gasteiger partial charge in [-0.25, -0.2) is 0 Å². The molecule has 0 saturated carbocycles. The summed E-state index contributed by atoms with van der Waals surface area (Å²) in [7, 11) is 0. The van der Waals surface area contributed by atoms with E-state index in [-0.39, 0.29) is 11.9 Å². The van der Waals surface area contributed by atoms with Gasteiger partial charge in [0, 0.05) is 29.8 Å². The van der Waals surface area contributed by atoms with Crippen molar-refractivity contribution in [2.75, 3.05) is 25.0 Å². The van der Waals surface area contributed by atoms with Crippen LogP contribution < -0.4 is 11.1 Å². The van der Waals surface area contributed by atoms with Crippen molar-refractivity contribution in [2.24, 2.45) is 5.73 Å². The number of aryl methyl sites for hydroxylation is 1. The summed E-state index contributed by atoms with van der Waals surface area (Å²) in [5, 5.41) is 3.61. The molecule has 1 fully saturated rings. The maximum absolute atomic E-state index is 12.0. The smallest absolute Gasteiger partial charge is 0.238 e. The summed E-state index contributed by atoms with van der Waals surface area (Å²) in [5.74, 6) is 0.0147. The molecule has 1 amide bonds. The first-order valence-electron chi connectivity index (χ1n) is 6.58. The molecule has 1 aliphatic heterocycles. The van der Waals surface area contributed by atoms with Gasteiger partial charge in [-0.2, -0.15) is 0 Å². The number of rotatable bonds is 3. The number of halogens is 1. The first-order chi connectivity index (χ1) is 9.04. The molecule has 0 aliphatic carbocycles. The predicted octanol–water partition coefficient (Wildman–Crippen LogP) is 2.01. The lowest BCUT2D eigenvalue weighted by Gasteiger charge is -2.29. The second kappa shape index (κ2) is 6.37. The number of likely N-dealkylation sites (tertiary alicyclic amines) is 1. The first kappa shape index (κ1) is 14.3. The van der Waals surface area contributed by atoms with E-state index in [4.69, 9.17) is 17.3 Å². The van der Waals surface area contributed by atoms with Gasteiger partial charge in [-0.3, -0.25) is 9.69 Å². The summed E-state index contributed by atoms with van der Waals surface area (Å²) in [4.78, 5) is 14.1. The summed E-state index contributed by atoms with van der Waals surface area (Å²) in [5.41, 5.74) is 7.64. The third-order valence-corrected chi connectivity index (χ3v) is 3.70. The van der Waals surface area contributed by atoms with Crippen molar-refractivity contribution >= 4 is 23.2 Å². The van der Waals surface area contributed by atoms with E-state index in [1.165, 1.54) is 0 Å². The number of carbonyl (C=O) groups excluding carboxylic acids is 1. The fourth-order valence-electron chi connectivity index (χ4n) is 2.27. The van der Waals surface area contributed by atoms with Gasteiger partial charge in [0.25, 0.3) is 0 Å². The van der Waals surface area contributed by atoms with Gasteiger partial charge in [-0.15, -0.1) is 0 Å². The molecule has 2 rings (SSSR count). The Hall–Kier alpha value is -1.10. The van der Waals surface area contributed by atoms with Crippen LogP contribution in [0.25, 0.3) is 0 Å². The van der Waals surface area contributed by atoms with Crippen LogP contribution in [0.1, 0.15) is 18.4 Å².